The van der Waals surface area contributed by atoms with E-state index in [2.05, 4.69) is 11.9 Å². The van der Waals surface area contributed by atoms with E-state index in [1.165, 1.54) is 0 Å². The van der Waals surface area contributed by atoms with Crippen molar-refractivity contribution in [3.63, 3.8) is 0 Å². The molecular weight excluding hydrogens is 243 g/mol. The quantitative estimate of drug-likeness (QED) is 0.903. The van der Waals surface area contributed by atoms with Gasteiger partial charge in [-0.15, -0.1) is 0 Å². The van der Waals surface area contributed by atoms with E-state index in [0.717, 1.165) is 25.1 Å². The molecule has 0 bridgehead atoms. The first-order valence-electron chi connectivity index (χ1n) is 5.48. The topological polar surface area (TPSA) is 29.3 Å². The van der Waals surface area contributed by atoms with Crippen molar-refractivity contribution in [1.29, 1.82) is 0 Å². The van der Waals surface area contributed by atoms with Crippen LogP contribution in [-0.4, -0.2) is 19.6 Å². The molecule has 0 spiro atoms. The van der Waals surface area contributed by atoms with Gasteiger partial charge in [-0.1, -0.05) is 23.2 Å². The van der Waals surface area contributed by atoms with Crippen LogP contribution in [0.4, 0.5) is 5.69 Å². The minimum Gasteiger partial charge on any atom is -0.373 e. The summed E-state index contributed by atoms with van der Waals surface area (Å²) in [4.78, 5) is 2.18. The minimum atomic E-state index is 0.402. The molecule has 1 aromatic carbocycles. The number of nitrogens with two attached hydrogens (primary N) is 1. The van der Waals surface area contributed by atoms with Gasteiger partial charge in [-0.05, 0) is 37.0 Å². The van der Waals surface area contributed by atoms with Crippen molar-refractivity contribution in [2.24, 2.45) is 11.7 Å². The zero-order chi connectivity index (χ0) is 11.7. The van der Waals surface area contributed by atoms with Crippen molar-refractivity contribution in [2.45, 2.75) is 18.9 Å². The van der Waals surface area contributed by atoms with Crippen molar-refractivity contribution in [3.8, 4) is 0 Å². The second-order valence-electron chi connectivity index (χ2n) is 4.57. The van der Waals surface area contributed by atoms with Gasteiger partial charge >= 0.3 is 0 Å². The number of hydrogen-bond acceptors (Lipinski definition) is 2. The van der Waals surface area contributed by atoms with E-state index in [1.807, 2.05) is 12.1 Å². The van der Waals surface area contributed by atoms with Gasteiger partial charge in [-0.3, -0.25) is 0 Å². The summed E-state index contributed by atoms with van der Waals surface area (Å²) in [5.41, 5.74) is 6.80. The van der Waals surface area contributed by atoms with E-state index in [4.69, 9.17) is 28.9 Å². The predicted octanol–water partition coefficient (Wildman–Crippen LogP) is 3.17. The summed E-state index contributed by atoms with van der Waals surface area (Å²) in [7, 11) is 2.05. The summed E-state index contributed by atoms with van der Waals surface area (Å²) in [5.74, 6) is 0.701. The molecular formula is C12H16Cl2N2. The molecule has 1 saturated carbocycles. The normalized spacial score (nSPS) is 24.0. The monoisotopic (exact) mass is 258 g/mol. The maximum absolute atomic E-state index is 6.15. The van der Waals surface area contributed by atoms with Gasteiger partial charge < -0.3 is 10.6 Å². The third-order valence-electron chi connectivity index (χ3n) is 3.13. The minimum absolute atomic E-state index is 0.402. The van der Waals surface area contributed by atoms with Gasteiger partial charge in [0.1, 0.15) is 0 Å². The fourth-order valence-electron chi connectivity index (χ4n) is 2.21. The summed E-state index contributed by atoms with van der Waals surface area (Å²) < 4.78 is 0. The van der Waals surface area contributed by atoms with Crippen LogP contribution in [0.5, 0.6) is 0 Å². The van der Waals surface area contributed by atoms with Crippen LogP contribution in [0.1, 0.15) is 12.8 Å². The van der Waals surface area contributed by atoms with Crippen molar-refractivity contribution in [1.82, 2.24) is 0 Å². The molecule has 0 aromatic heterocycles. The Morgan fingerprint density at radius 3 is 2.62 bits per heavy atom. The summed E-state index contributed by atoms with van der Waals surface area (Å²) in [6.07, 6.45) is 2.24. The third kappa shape index (κ3) is 2.62. The number of nitrogens with zero attached hydrogens (tertiary/aromatic N) is 1. The molecule has 88 valence electrons. The molecule has 0 aliphatic heterocycles. The van der Waals surface area contributed by atoms with Crippen LogP contribution in [0.25, 0.3) is 0 Å². The SMILES string of the molecule is CN(CC1CC(N)C1)c1ccc(Cl)cc1Cl. The van der Waals surface area contributed by atoms with Crippen LogP contribution < -0.4 is 10.6 Å². The van der Waals surface area contributed by atoms with E-state index in [0.29, 0.717) is 22.0 Å². The van der Waals surface area contributed by atoms with Crippen LogP contribution in [0.15, 0.2) is 18.2 Å². The van der Waals surface area contributed by atoms with Crippen LogP contribution in [0.3, 0.4) is 0 Å². The Labute approximate surface area is 106 Å². The van der Waals surface area contributed by atoms with Gasteiger partial charge in [0.05, 0.1) is 10.7 Å². The predicted molar refractivity (Wildman–Crippen MR) is 70.4 cm³/mol. The van der Waals surface area contributed by atoms with Crippen molar-refractivity contribution < 1.29 is 0 Å². The van der Waals surface area contributed by atoms with Crippen molar-refractivity contribution >= 4 is 28.9 Å². The summed E-state index contributed by atoms with van der Waals surface area (Å²) in [6.45, 7) is 1.01. The molecule has 0 radical (unpaired) electrons. The Morgan fingerprint density at radius 2 is 2.06 bits per heavy atom. The highest BCUT2D eigenvalue weighted by Gasteiger charge is 2.27. The highest BCUT2D eigenvalue weighted by Crippen LogP contribution is 2.31. The molecule has 0 atom stereocenters. The number of anilines is 1. The number of benzene rings is 1. The molecule has 0 heterocycles. The van der Waals surface area contributed by atoms with E-state index >= 15 is 0 Å². The number of rotatable bonds is 3. The average molecular weight is 259 g/mol. The summed E-state index contributed by atoms with van der Waals surface area (Å²) in [6, 6.07) is 6.01. The Morgan fingerprint density at radius 1 is 1.38 bits per heavy atom. The van der Waals surface area contributed by atoms with Gasteiger partial charge in [-0.25, -0.2) is 0 Å². The zero-order valence-electron chi connectivity index (χ0n) is 9.29. The fourth-order valence-corrected chi connectivity index (χ4v) is 2.77. The molecule has 16 heavy (non-hydrogen) atoms. The van der Waals surface area contributed by atoms with Crippen LogP contribution in [0.2, 0.25) is 10.0 Å². The van der Waals surface area contributed by atoms with Gasteiger partial charge in [0, 0.05) is 24.7 Å². The molecule has 1 aliphatic carbocycles. The molecule has 1 fully saturated rings. The molecule has 4 heteroatoms. The number of halogens is 2. The Hall–Kier alpha value is -0.440. The lowest BCUT2D eigenvalue weighted by Crippen LogP contribution is -2.41. The van der Waals surface area contributed by atoms with Gasteiger partial charge in [-0.2, -0.15) is 0 Å². The van der Waals surface area contributed by atoms with E-state index < -0.39 is 0 Å². The molecule has 2 nitrogen and oxygen atoms in total. The lowest BCUT2D eigenvalue weighted by atomic mass is 9.80. The maximum atomic E-state index is 6.15. The van der Waals surface area contributed by atoms with Gasteiger partial charge in [0.25, 0.3) is 0 Å². The van der Waals surface area contributed by atoms with Crippen LogP contribution in [0, 0.1) is 5.92 Å². The standard InChI is InChI=1S/C12H16Cl2N2/c1-16(7-8-4-10(15)5-8)12-3-2-9(13)6-11(12)14/h2-3,6,8,10H,4-5,7,15H2,1H3. The molecule has 2 rings (SSSR count). The average Bonchev–Trinajstić information content (AvgIpc) is 2.15. The Balaban J connectivity index is 2.00. The van der Waals surface area contributed by atoms with Crippen molar-refractivity contribution in [2.75, 3.05) is 18.5 Å². The summed E-state index contributed by atoms with van der Waals surface area (Å²) >= 11 is 12.0. The van der Waals surface area contributed by atoms with Gasteiger partial charge in [0.2, 0.25) is 0 Å². The lowest BCUT2D eigenvalue weighted by Gasteiger charge is -2.36. The fraction of sp³-hybridized carbons (Fsp3) is 0.500. The number of hydrogen-bond donors (Lipinski definition) is 1. The van der Waals surface area contributed by atoms with Crippen LogP contribution >= 0.6 is 23.2 Å². The first-order valence-corrected chi connectivity index (χ1v) is 6.23. The highest BCUT2D eigenvalue weighted by molar-refractivity contribution is 6.36. The zero-order valence-corrected chi connectivity index (χ0v) is 10.8. The molecule has 0 saturated heterocycles. The molecule has 1 aliphatic rings. The molecule has 0 unspecified atom stereocenters. The second-order valence-corrected chi connectivity index (χ2v) is 5.42. The smallest absolute Gasteiger partial charge is 0.0654 e. The lowest BCUT2D eigenvalue weighted by molar-refractivity contribution is 0.271. The largest absolute Gasteiger partial charge is 0.373 e. The van der Waals surface area contributed by atoms with E-state index in [-0.39, 0.29) is 0 Å². The molecule has 0 amide bonds. The van der Waals surface area contributed by atoms with E-state index in [1.54, 1.807) is 6.07 Å². The third-order valence-corrected chi connectivity index (χ3v) is 3.66. The molecule has 1 aromatic rings. The molecule has 2 N–H and O–H groups in total. The maximum Gasteiger partial charge on any atom is 0.0654 e. The van der Waals surface area contributed by atoms with Gasteiger partial charge in [0.15, 0.2) is 0 Å². The second kappa shape index (κ2) is 4.82. The highest BCUT2D eigenvalue weighted by atomic mass is 35.5. The first kappa shape index (κ1) is 12.0. The Bertz CT molecular complexity index is 375. The summed E-state index contributed by atoms with van der Waals surface area (Å²) in [5, 5.41) is 1.38. The van der Waals surface area contributed by atoms with Crippen LogP contribution in [-0.2, 0) is 0 Å². The van der Waals surface area contributed by atoms with Crippen molar-refractivity contribution in [3.05, 3.63) is 28.2 Å². The Kier molecular flexibility index (Phi) is 3.63. The first-order chi connectivity index (χ1) is 7.56. The van der Waals surface area contributed by atoms with E-state index in [9.17, 15) is 0 Å².